The Balaban J connectivity index is 1.75. The molecule has 0 saturated heterocycles. The molecule has 1 aromatic carbocycles. The molecule has 0 bridgehead atoms. The number of carboxylic acid groups (broad SMARTS) is 1. The Bertz CT molecular complexity index is 586. The van der Waals surface area contributed by atoms with Crippen LogP contribution in [0.4, 0.5) is 0 Å². The fraction of sp³-hybridized carbons (Fsp3) is 0.579. The van der Waals surface area contributed by atoms with Crippen LogP contribution in [-0.4, -0.2) is 36.2 Å². The van der Waals surface area contributed by atoms with Crippen molar-refractivity contribution in [3.05, 3.63) is 24.3 Å². The first-order valence-electron chi connectivity index (χ1n) is 8.75. The van der Waals surface area contributed by atoms with Crippen LogP contribution in [0.3, 0.4) is 0 Å². The van der Waals surface area contributed by atoms with Gasteiger partial charge in [-0.25, -0.2) is 0 Å². The number of benzene rings is 1. The molecule has 1 amide bonds. The van der Waals surface area contributed by atoms with Crippen molar-refractivity contribution in [2.24, 2.45) is 5.92 Å². The van der Waals surface area contributed by atoms with Gasteiger partial charge in [0.1, 0.15) is 11.5 Å². The van der Waals surface area contributed by atoms with Gasteiger partial charge in [0, 0.05) is 6.42 Å². The lowest BCUT2D eigenvalue weighted by atomic mass is 9.74. The number of aliphatic carboxylic acids is 1. The van der Waals surface area contributed by atoms with E-state index < -0.39 is 17.4 Å². The second kappa shape index (κ2) is 8.74. The summed E-state index contributed by atoms with van der Waals surface area (Å²) in [5.41, 5.74) is -0.655. The fourth-order valence-electron chi connectivity index (χ4n) is 3.35. The van der Waals surface area contributed by atoms with Crippen LogP contribution in [0, 0.1) is 5.92 Å². The number of hydrogen-bond acceptors (Lipinski definition) is 4. The van der Waals surface area contributed by atoms with Gasteiger partial charge in [-0.3, -0.25) is 9.59 Å². The molecule has 2 rings (SSSR count). The molecule has 138 valence electrons. The Labute approximate surface area is 148 Å². The average Bonchev–Trinajstić information content (AvgIpc) is 2.59. The Morgan fingerprint density at radius 1 is 1.24 bits per heavy atom. The van der Waals surface area contributed by atoms with Crippen LogP contribution in [0.15, 0.2) is 24.3 Å². The third kappa shape index (κ3) is 5.37. The van der Waals surface area contributed by atoms with Crippen LogP contribution >= 0.6 is 0 Å². The van der Waals surface area contributed by atoms with Crippen LogP contribution in [0.1, 0.15) is 45.4 Å². The molecule has 0 aliphatic heterocycles. The minimum absolute atomic E-state index is 0.117. The third-order valence-electron chi connectivity index (χ3n) is 4.81. The lowest BCUT2D eigenvalue weighted by Crippen LogP contribution is -2.55. The van der Waals surface area contributed by atoms with E-state index >= 15 is 0 Å². The zero-order valence-corrected chi connectivity index (χ0v) is 14.9. The van der Waals surface area contributed by atoms with Gasteiger partial charge in [0.2, 0.25) is 5.91 Å². The minimum atomic E-state index is -0.828. The second-order valence-electron chi connectivity index (χ2n) is 6.73. The molecule has 1 fully saturated rings. The molecule has 2 N–H and O–H groups in total. The Morgan fingerprint density at radius 2 is 1.92 bits per heavy atom. The van der Waals surface area contributed by atoms with Gasteiger partial charge in [-0.05, 0) is 50.5 Å². The first-order chi connectivity index (χ1) is 11.9. The molecule has 6 nitrogen and oxygen atoms in total. The van der Waals surface area contributed by atoms with Gasteiger partial charge in [-0.15, -0.1) is 0 Å². The third-order valence-corrected chi connectivity index (χ3v) is 4.81. The topological polar surface area (TPSA) is 84.9 Å². The van der Waals surface area contributed by atoms with Crippen molar-refractivity contribution in [3.63, 3.8) is 0 Å². The van der Waals surface area contributed by atoms with Crippen LogP contribution in [-0.2, 0) is 9.59 Å². The van der Waals surface area contributed by atoms with E-state index in [1.54, 1.807) is 7.11 Å². The van der Waals surface area contributed by atoms with Gasteiger partial charge in [0.25, 0.3) is 0 Å². The molecule has 0 spiro atoms. The number of hydrogen-bond donors (Lipinski definition) is 2. The maximum absolute atomic E-state index is 12.2. The predicted molar refractivity (Wildman–Crippen MR) is 93.9 cm³/mol. The highest BCUT2D eigenvalue weighted by molar-refractivity contribution is 5.79. The summed E-state index contributed by atoms with van der Waals surface area (Å²) in [6.45, 7) is 2.27. The first kappa shape index (κ1) is 19.1. The van der Waals surface area contributed by atoms with E-state index in [0.717, 1.165) is 24.3 Å². The van der Waals surface area contributed by atoms with Crippen LogP contribution < -0.4 is 14.8 Å². The summed E-state index contributed by atoms with van der Waals surface area (Å²) >= 11 is 0. The molecule has 0 aromatic heterocycles. The number of methoxy groups -OCH3 is 1. The van der Waals surface area contributed by atoms with Crippen molar-refractivity contribution in [1.82, 2.24) is 5.32 Å². The Hall–Kier alpha value is -2.24. The van der Waals surface area contributed by atoms with E-state index in [9.17, 15) is 14.7 Å². The number of carboxylic acids is 1. The molecule has 1 aliphatic rings. The predicted octanol–water partition coefficient (Wildman–Crippen LogP) is 3.00. The number of amides is 1. The molecule has 0 radical (unpaired) electrons. The van der Waals surface area contributed by atoms with E-state index in [-0.39, 0.29) is 5.91 Å². The molecular formula is C19H27NO5. The van der Waals surface area contributed by atoms with Gasteiger partial charge < -0.3 is 19.9 Å². The Kier molecular flexibility index (Phi) is 6.67. The largest absolute Gasteiger partial charge is 0.497 e. The lowest BCUT2D eigenvalue weighted by Gasteiger charge is -2.39. The summed E-state index contributed by atoms with van der Waals surface area (Å²) < 4.78 is 10.7. The van der Waals surface area contributed by atoms with E-state index in [4.69, 9.17) is 9.47 Å². The molecule has 25 heavy (non-hydrogen) atoms. The number of carbonyl (C=O) groups is 2. The lowest BCUT2D eigenvalue weighted by molar-refractivity contribution is -0.146. The van der Waals surface area contributed by atoms with Gasteiger partial charge in [0.15, 0.2) is 0 Å². The Morgan fingerprint density at radius 3 is 2.56 bits per heavy atom. The zero-order valence-electron chi connectivity index (χ0n) is 14.9. The molecule has 1 aliphatic carbocycles. The molecule has 1 saturated carbocycles. The normalized spacial score (nSPS) is 22.9. The summed E-state index contributed by atoms with van der Waals surface area (Å²) in [5.74, 6) is 0.0342. The highest BCUT2D eigenvalue weighted by atomic mass is 16.5. The summed E-state index contributed by atoms with van der Waals surface area (Å²) in [6.07, 6.45) is 4.06. The first-order valence-corrected chi connectivity index (χ1v) is 8.75. The summed E-state index contributed by atoms with van der Waals surface area (Å²) in [7, 11) is 1.61. The summed E-state index contributed by atoms with van der Waals surface area (Å²) in [5, 5.41) is 12.3. The number of carbonyl (C=O) groups excluding carboxylic acids is 1. The molecule has 0 heterocycles. The average molecular weight is 349 g/mol. The van der Waals surface area contributed by atoms with Gasteiger partial charge in [-0.2, -0.15) is 0 Å². The van der Waals surface area contributed by atoms with Crippen molar-refractivity contribution in [1.29, 1.82) is 0 Å². The van der Waals surface area contributed by atoms with Crippen molar-refractivity contribution in [2.75, 3.05) is 13.7 Å². The highest BCUT2D eigenvalue weighted by Crippen LogP contribution is 2.34. The molecule has 2 atom stereocenters. The van der Waals surface area contributed by atoms with E-state index in [1.807, 2.05) is 31.2 Å². The molecule has 1 aromatic rings. The fourth-order valence-corrected chi connectivity index (χ4v) is 3.35. The van der Waals surface area contributed by atoms with Crippen molar-refractivity contribution < 1.29 is 24.2 Å². The number of nitrogens with one attached hydrogen (secondary N) is 1. The monoisotopic (exact) mass is 349 g/mol. The van der Waals surface area contributed by atoms with Crippen LogP contribution in [0.5, 0.6) is 11.5 Å². The summed E-state index contributed by atoms with van der Waals surface area (Å²) in [4.78, 5) is 23.6. The SMILES string of the molecule is COc1ccc(OCCCC(=O)NC2(C)CCCCC2C(=O)O)cc1. The van der Waals surface area contributed by atoms with Crippen LogP contribution in [0.25, 0.3) is 0 Å². The summed E-state index contributed by atoms with van der Waals surface area (Å²) in [6, 6.07) is 7.27. The van der Waals surface area contributed by atoms with E-state index in [1.165, 1.54) is 0 Å². The maximum Gasteiger partial charge on any atom is 0.308 e. The highest BCUT2D eigenvalue weighted by Gasteiger charge is 2.41. The van der Waals surface area contributed by atoms with Gasteiger partial charge >= 0.3 is 5.97 Å². The van der Waals surface area contributed by atoms with Gasteiger partial charge in [0.05, 0.1) is 25.2 Å². The number of rotatable bonds is 8. The van der Waals surface area contributed by atoms with Crippen molar-refractivity contribution in [3.8, 4) is 11.5 Å². The van der Waals surface area contributed by atoms with Crippen LogP contribution in [0.2, 0.25) is 0 Å². The van der Waals surface area contributed by atoms with Crippen molar-refractivity contribution in [2.45, 2.75) is 51.0 Å². The number of ether oxygens (including phenoxy) is 2. The van der Waals surface area contributed by atoms with E-state index in [2.05, 4.69) is 5.32 Å². The van der Waals surface area contributed by atoms with Gasteiger partial charge in [-0.1, -0.05) is 12.8 Å². The molecule has 2 unspecified atom stereocenters. The quantitative estimate of drug-likeness (QED) is 0.705. The zero-order chi connectivity index (χ0) is 18.3. The van der Waals surface area contributed by atoms with E-state index in [0.29, 0.717) is 32.3 Å². The second-order valence-corrected chi connectivity index (χ2v) is 6.73. The maximum atomic E-state index is 12.2. The minimum Gasteiger partial charge on any atom is -0.497 e. The molecule has 6 heteroatoms. The smallest absolute Gasteiger partial charge is 0.308 e. The standard InChI is InChI=1S/C19H27NO5/c1-19(12-4-3-6-16(19)18(22)23)20-17(21)7-5-13-25-15-10-8-14(24-2)9-11-15/h8-11,16H,3-7,12-13H2,1-2H3,(H,20,21)(H,22,23). The molecular weight excluding hydrogens is 322 g/mol. The van der Waals surface area contributed by atoms with Crippen molar-refractivity contribution >= 4 is 11.9 Å².